The number of nitrogens with zero attached hydrogens (tertiary/aromatic N) is 5. The number of carbonyl (C=O) groups excluding carboxylic acids is 1. The highest BCUT2D eigenvalue weighted by atomic mass is 32.2. The zero-order valence-electron chi connectivity index (χ0n) is 19.2. The summed E-state index contributed by atoms with van der Waals surface area (Å²) in [4.78, 5) is 26.3. The first-order valence-corrected chi connectivity index (χ1v) is 13.3. The highest BCUT2D eigenvalue weighted by Gasteiger charge is 2.32. The van der Waals surface area contributed by atoms with Crippen molar-refractivity contribution in [3.8, 4) is 0 Å². The molecule has 0 bridgehead atoms. The number of likely N-dealkylation sites (N-methyl/N-ethyl adjacent to an activating group) is 1. The highest BCUT2D eigenvalue weighted by molar-refractivity contribution is 7.85. The molecule has 0 radical (unpaired) electrons. The molecule has 0 saturated carbocycles. The van der Waals surface area contributed by atoms with Gasteiger partial charge in [-0.3, -0.25) is 9.00 Å². The Morgan fingerprint density at radius 3 is 2.76 bits per heavy atom. The number of para-hydroxylation sites is 1. The minimum atomic E-state index is -1.09. The van der Waals surface area contributed by atoms with Crippen molar-refractivity contribution in [1.29, 1.82) is 0 Å². The second-order valence-electron chi connectivity index (χ2n) is 9.43. The molecule has 0 aliphatic carbocycles. The van der Waals surface area contributed by atoms with Crippen LogP contribution in [-0.2, 0) is 22.0 Å². The van der Waals surface area contributed by atoms with Gasteiger partial charge in [0.25, 0.3) is 0 Å². The molecule has 2 aromatic heterocycles. The first-order valence-electron chi connectivity index (χ1n) is 12.0. The Labute approximate surface area is 200 Å². The molecule has 3 aliphatic heterocycles. The van der Waals surface area contributed by atoms with E-state index in [0.29, 0.717) is 42.8 Å². The van der Waals surface area contributed by atoms with E-state index < -0.39 is 10.8 Å². The molecule has 2 saturated heterocycles. The fraction of sp³-hybridized carbons (Fsp3) is 0.500. The van der Waals surface area contributed by atoms with E-state index in [1.54, 1.807) is 4.90 Å². The van der Waals surface area contributed by atoms with Crippen LogP contribution in [0.2, 0.25) is 0 Å². The Balaban J connectivity index is 1.22. The molecule has 10 heteroatoms. The van der Waals surface area contributed by atoms with Crippen molar-refractivity contribution in [2.24, 2.45) is 0 Å². The van der Waals surface area contributed by atoms with E-state index in [0.717, 1.165) is 59.6 Å². The summed E-state index contributed by atoms with van der Waals surface area (Å²) in [6.07, 6.45) is 3.86. The molecule has 1 N–H and O–H groups in total. The molecule has 5 heterocycles. The van der Waals surface area contributed by atoms with Gasteiger partial charge in [0.15, 0.2) is 5.58 Å². The molecule has 3 aliphatic rings. The van der Waals surface area contributed by atoms with Crippen LogP contribution in [0.4, 0.5) is 11.8 Å². The van der Waals surface area contributed by atoms with Gasteiger partial charge in [-0.05, 0) is 31.4 Å². The molecule has 2 unspecified atom stereocenters. The Hall–Kier alpha value is -3.01. The SMILES string of the molecule is CN1CC(Nc2nc(N3CCC(c4noc5ccccc45)CC3)nc3c2S(=O)CC3)CCC1=O. The number of hydrogen-bond acceptors (Lipinski definition) is 8. The van der Waals surface area contributed by atoms with E-state index in [2.05, 4.69) is 21.4 Å². The van der Waals surface area contributed by atoms with Crippen LogP contribution in [0.3, 0.4) is 0 Å². The number of likely N-dealkylation sites (tertiary alicyclic amines) is 1. The van der Waals surface area contributed by atoms with Crippen molar-refractivity contribution >= 4 is 39.4 Å². The van der Waals surface area contributed by atoms with Gasteiger partial charge in [-0.15, -0.1) is 0 Å². The molecular formula is C24H28N6O3S. The summed E-state index contributed by atoms with van der Waals surface area (Å²) in [5, 5.41) is 8.97. The summed E-state index contributed by atoms with van der Waals surface area (Å²) >= 11 is 0. The van der Waals surface area contributed by atoms with Crippen LogP contribution in [0.25, 0.3) is 11.0 Å². The Bertz CT molecular complexity index is 1270. The third kappa shape index (κ3) is 3.83. The maximum Gasteiger partial charge on any atom is 0.227 e. The van der Waals surface area contributed by atoms with Crippen molar-refractivity contribution in [3.05, 3.63) is 35.7 Å². The van der Waals surface area contributed by atoms with Gasteiger partial charge in [-0.2, -0.15) is 4.98 Å². The van der Waals surface area contributed by atoms with Gasteiger partial charge in [0, 0.05) is 62.6 Å². The fourth-order valence-electron chi connectivity index (χ4n) is 5.30. The summed E-state index contributed by atoms with van der Waals surface area (Å²) < 4.78 is 18.2. The molecule has 6 rings (SSSR count). The Morgan fingerprint density at radius 1 is 1.12 bits per heavy atom. The first kappa shape index (κ1) is 21.5. The smallest absolute Gasteiger partial charge is 0.227 e. The topological polar surface area (TPSA) is 104 Å². The second-order valence-corrected chi connectivity index (χ2v) is 10.9. The summed E-state index contributed by atoms with van der Waals surface area (Å²) in [6, 6.07) is 8.11. The average molecular weight is 481 g/mol. The molecule has 2 atom stereocenters. The molecular weight excluding hydrogens is 452 g/mol. The quantitative estimate of drug-likeness (QED) is 0.608. The van der Waals surface area contributed by atoms with Crippen LogP contribution in [-0.4, -0.2) is 68.6 Å². The Kier molecular flexibility index (Phi) is 5.47. The maximum atomic E-state index is 12.7. The maximum absolute atomic E-state index is 12.7. The van der Waals surface area contributed by atoms with Gasteiger partial charge in [0.2, 0.25) is 11.9 Å². The lowest BCUT2D eigenvalue weighted by atomic mass is 9.92. The second kappa shape index (κ2) is 8.65. The summed E-state index contributed by atoms with van der Waals surface area (Å²) in [6.45, 7) is 2.28. The summed E-state index contributed by atoms with van der Waals surface area (Å²) in [5.41, 5.74) is 2.76. The third-order valence-corrected chi connectivity index (χ3v) is 8.67. The number of fused-ring (bicyclic) bond motifs is 2. The van der Waals surface area contributed by atoms with E-state index in [-0.39, 0.29) is 11.9 Å². The van der Waals surface area contributed by atoms with E-state index in [4.69, 9.17) is 14.5 Å². The Morgan fingerprint density at radius 2 is 1.94 bits per heavy atom. The number of aryl methyl sites for hydroxylation is 1. The van der Waals surface area contributed by atoms with Crippen LogP contribution in [0.1, 0.15) is 43.0 Å². The van der Waals surface area contributed by atoms with Crippen LogP contribution < -0.4 is 10.2 Å². The normalized spacial score (nSPS) is 23.5. The van der Waals surface area contributed by atoms with Gasteiger partial charge < -0.3 is 19.6 Å². The van der Waals surface area contributed by atoms with E-state index in [9.17, 15) is 9.00 Å². The van der Waals surface area contributed by atoms with Gasteiger partial charge in [-0.1, -0.05) is 17.3 Å². The number of anilines is 2. The predicted octanol–water partition coefficient (Wildman–Crippen LogP) is 2.70. The highest BCUT2D eigenvalue weighted by Crippen LogP contribution is 2.35. The standard InChI is InChI=1S/C24H28N6O3S/c1-29-14-16(6-7-20(29)31)25-23-22-18(10-13-34(22)32)26-24(27-23)30-11-8-15(9-12-30)21-17-4-2-3-5-19(17)33-28-21/h2-5,15-16H,6-14H2,1H3,(H,25,26,27). The number of benzene rings is 1. The molecule has 9 nitrogen and oxygen atoms in total. The van der Waals surface area contributed by atoms with Crippen molar-refractivity contribution in [3.63, 3.8) is 0 Å². The van der Waals surface area contributed by atoms with E-state index in [1.807, 2.05) is 25.2 Å². The predicted molar refractivity (Wildman–Crippen MR) is 129 cm³/mol. The number of amides is 1. The lowest BCUT2D eigenvalue weighted by Crippen LogP contribution is -2.43. The molecule has 3 aromatic rings. The van der Waals surface area contributed by atoms with Crippen LogP contribution in [0.15, 0.2) is 33.7 Å². The van der Waals surface area contributed by atoms with Gasteiger partial charge in [0.1, 0.15) is 10.7 Å². The van der Waals surface area contributed by atoms with Gasteiger partial charge in [0.05, 0.1) is 22.2 Å². The summed E-state index contributed by atoms with van der Waals surface area (Å²) in [7, 11) is 0.738. The molecule has 34 heavy (non-hydrogen) atoms. The van der Waals surface area contributed by atoms with Gasteiger partial charge in [-0.25, -0.2) is 4.98 Å². The average Bonchev–Trinajstić information content (AvgIpc) is 3.45. The lowest BCUT2D eigenvalue weighted by molar-refractivity contribution is -0.132. The summed E-state index contributed by atoms with van der Waals surface area (Å²) in [5.74, 6) is 2.47. The van der Waals surface area contributed by atoms with Crippen LogP contribution >= 0.6 is 0 Å². The van der Waals surface area contributed by atoms with E-state index >= 15 is 0 Å². The number of aromatic nitrogens is 3. The van der Waals surface area contributed by atoms with Crippen molar-refractivity contribution < 1.29 is 13.5 Å². The van der Waals surface area contributed by atoms with Crippen molar-refractivity contribution in [1.82, 2.24) is 20.0 Å². The first-order chi connectivity index (χ1) is 16.6. The van der Waals surface area contributed by atoms with Crippen LogP contribution in [0, 0.1) is 0 Å². The minimum Gasteiger partial charge on any atom is -0.364 e. The number of nitrogens with one attached hydrogen (secondary N) is 1. The zero-order valence-corrected chi connectivity index (χ0v) is 20.0. The lowest BCUT2D eigenvalue weighted by Gasteiger charge is -2.33. The number of carbonyl (C=O) groups is 1. The molecule has 0 spiro atoms. The number of rotatable bonds is 4. The van der Waals surface area contributed by atoms with Crippen molar-refractivity contribution in [2.45, 2.75) is 49.0 Å². The monoisotopic (exact) mass is 480 g/mol. The number of hydrogen-bond donors (Lipinski definition) is 1. The van der Waals surface area contributed by atoms with Crippen molar-refractivity contribution in [2.75, 3.05) is 42.7 Å². The largest absolute Gasteiger partial charge is 0.364 e. The zero-order chi connectivity index (χ0) is 23.2. The minimum absolute atomic E-state index is 0.0957. The van der Waals surface area contributed by atoms with Gasteiger partial charge >= 0.3 is 0 Å². The third-order valence-electron chi connectivity index (χ3n) is 7.21. The number of piperidine rings is 2. The molecule has 178 valence electrons. The van der Waals surface area contributed by atoms with Crippen LogP contribution in [0.5, 0.6) is 0 Å². The van der Waals surface area contributed by atoms with E-state index in [1.165, 1.54) is 0 Å². The molecule has 2 fully saturated rings. The molecule has 1 amide bonds. The molecule has 1 aromatic carbocycles. The fourth-order valence-corrected chi connectivity index (χ4v) is 6.61.